The number of nitrogens with one attached hydrogen (secondary N) is 1. The first-order valence-corrected chi connectivity index (χ1v) is 7.84. The van der Waals surface area contributed by atoms with Gasteiger partial charge in [0.15, 0.2) is 11.6 Å². The van der Waals surface area contributed by atoms with E-state index in [1.54, 1.807) is 0 Å². The Morgan fingerprint density at radius 3 is 2.70 bits per heavy atom. The van der Waals surface area contributed by atoms with Crippen LogP contribution in [0, 0.1) is 11.6 Å². The molecule has 0 aliphatic heterocycles. The molecule has 0 saturated heterocycles. The number of rotatable bonds is 4. The number of para-hydroxylation sites is 1. The van der Waals surface area contributed by atoms with Gasteiger partial charge in [-0.2, -0.15) is 0 Å². The highest BCUT2D eigenvalue weighted by atomic mass is 32.2. The Hall–Kier alpha value is -2.47. The van der Waals surface area contributed by atoms with Crippen LogP contribution in [-0.2, 0) is 4.79 Å². The third-order valence-corrected chi connectivity index (χ3v) is 4.06. The minimum Gasteiger partial charge on any atom is -0.325 e. The second kappa shape index (κ2) is 6.75. The Balaban J connectivity index is 1.62. The third kappa shape index (κ3) is 3.84. The summed E-state index contributed by atoms with van der Waals surface area (Å²) in [6, 6.07) is 14.7. The number of hydrogen-bond donors (Lipinski definition) is 1. The van der Waals surface area contributed by atoms with Crippen LogP contribution in [0.15, 0.2) is 59.6 Å². The van der Waals surface area contributed by atoms with E-state index in [0.717, 1.165) is 28.1 Å². The average molecular weight is 330 g/mol. The average Bonchev–Trinajstić information content (AvgIpc) is 2.56. The molecule has 0 radical (unpaired) electrons. The van der Waals surface area contributed by atoms with Crippen molar-refractivity contribution in [2.75, 3.05) is 11.1 Å². The standard InChI is InChI=1S/C17H12F2N2OS/c18-13-7-6-12(9-14(13)19)20-16(22)10-23-17-8-5-11-3-1-2-4-15(11)21-17/h1-9H,10H2,(H,20,22). The van der Waals surface area contributed by atoms with Crippen LogP contribution in [0.1, 0.15) is 0 Å². The molecule has 3 nitrogen and oxygen atoms in total. The number of fused-ring (bicyclic) bond motifs is 1. The Labute approximate surface area is 135 Å². The molecule has 0 aliphatic carbocycles. The van der Waals surface area contributed by atoms with Gasteiger partial charge in [-0.1, -0.05) is 36.0 Å². The van der Waals surface area contributed by atoms with E-state index in [-0.39, 0.29) is 17.3 Å². The van der Waals surface area contributed by atoms with Crippen LogP contribution < -0.4 is 5.32 Å². The van der Waals surface area contributed by atoms with Gasteiger partial charge in [0, 0.05) is 17.1 Å². The molecule has 3 aromatic rings. The molecule has 116 valence electrons. The molecule has 1 heterocycles. The molecule has 1 amide bonds. The molecule has 0 saturated carbocycles. The van der Waals surface area contributed by atoms with Gasteiger partial charge in [-0.3, -0.25) is 4.79 Å². The van der Waals surface area contributed by atoms with Crippen molar-refractivity contribution in [1.82, 2.24) is 4.98 Å². The lowest BCUT2D eigenvalue weighted by molar-refractivity contribution is -0.113. The number of aromatic nitrogens is 1. The van der Waals surface area contributed by atoms with E-state index in [2.05, 4.69) is 10.3 Å². The van der Waals surface area contributed by atoms with Gasteiger partial charge in [-0.05, 0) is 24.3 Å². The third-order valence-electron chi connectivity index (χ3n) is 3.13. The van der Waals surface area contributed by atoms with Gasteiger partial charge >= 0.3 is 0 Å². The first kappa shape index (κ1) is 15.4. The van der Waals surface area contributed by atoms with Gasteiger partial charge in [0.05, 0.1) is 16.3 Å². The highest BCUT2D eigenvalue weighted by Crippen LogP contribution is 2.20. The van der Waals surface area contributed by atoms with Crippen molar-refractivity contribution in [3.8, 4) is 0 Å². The van der Waals surface area contributed by atoms with E-state index < -0.39 is 11.6 Å². The summed E-state index contributed by atoms with van der Waals surface area (Å²) in [4.78, 5) is 16.3. The van der Waals surface area contributed by atoms with Crippen LogP contribution in [0.3, 0.4) is 0 Å². The number of thioether (sulfide) groups is 1. The van der Waals surface area contributed by atoms with Crippen LogP contribution in [-0.4, -0.2) is 16.6 Å². The number of carbonyl (C=O) groups excluding carboxylic acids is 1. The molecule has 1 N–H and O–H groups in total. The molecule has 0 unspecified atom stereocenters. The number of hydrogen-bond acceptors (Lipinski definition) is 3. The van der Waals surface area contributed by atoms with E-state index in [9.17, 15) is 13.6 Å². The van der Waals surface area contributed by atoms with Crippen LogP contribution in [0.5, 0.6) is 0 Å². The van der Waals surface area contributed by atoms with Gasteiger partial charge in [0.25, 0.3) is 0 Å². The molecule has 1 aromatic heterocycles. The number of pyridine rings is 1. The van der Waals surface area contributed by atoms with Crippen LogP contribution in [0.4, 0.5) is 14.5 Å². The maximum Gasteiger partial charge on any atom is 0.234 e. The van der Waals surface area contributed by atoms with Crippen molar-refractivity contribution in [2.45, 2.75) is 5.03 Å². The zero-order valence-corrected chi connectivity index (χ0v) is 12.7. The van der Waals surface area contributed by atoms with Crippen LogP contribution >= 0.6 is 11.8 Å². The van der Waals surface area contributed by atoms with E-state index in [4.69, 9.17) is 0 Å². The second-order valence-corrected chi connectivity index (χ2v) is 5.80. The zero-order valence-electron chi connectivity index (χ0n) is 11.9. The Morgan fingerprint density at radius 1 is 1.04 bits per heavy atom. The topological polar surface area (TPSA) is 42.0 Å². The molecular weight excluding hydrogens is 318 g/mol. The maximum absolute atomic E-state index is 13.1. The molecule has 0 fully saturated rings. The first-order chi connectivity index (χ1) is 11.1. The van der Waals surface area contributed by atoms with E-state index in [1.165, 1.54) is 17.8 Å². The quantitative estimate of drug-likeness (QED) is 0.727. The number of carbonyl (C=O) groups is 1. The molecule has 23 heavy (non-hydrogen) atoms. The van der Waals surface area contributed by atoms with Crippen LogP contribution in [0.2, 0.25) is 0 Å². The normalized spacial score (nSPS) is 10.7. The lowest BCUT2D eigenvalue weighted by Crippen LogP contribution is -2.14. The fourth-order valence-corrected chi connectivity index (χ4v) is 2.72. The van der Waals surface area contributed by atoms with E-state index >= 15 is 0 Å². The first-order valence-electron chi connectivity index (χ1n) is 6.85. The fourth-order valence-electron chi connectivity index (χ4n) is 2.04. The molecule has 0 atom stereocenters. The summed E-state index contributed by atoms with van der Waals surface area (Å²) >= 11 is 1.28. The highest BCUT2D eigenvalue weighted by molar-refractivity contribution is 7.99. The Kier molecular flexibility index (Phi) is 4.52. The Morgan fingerprint density at radius 2 is 1.87 bits per heavy atom. The van der Waals surface area contributed by atoms with Crippen molar-refractivity contribution in [3.63, 3.8) is 0 Å². The van der Waals surface area contributed by atoms with E-state index in [1.807, 2.05) is 36.4 Å². The number of halogens is 2. The summed E-state index contributed by atoms with van der Waals surface area (Å²) in [6.07, 6.45) is 0. The predicted molar refractivity (Wildman–Crippen MR) is 87.5 cm³/mol. The second-order valence-electron chi connectivity index (χ2n) is 4.81. The van der Waals surface area contributed by atoms with Crippen LogP contribution in [0.25, 0.3) is 10.9 Å². The van der Waals surface area contributed by atoms with Crippen molar-refractivity contribution < 1.29 is 13.6 Å². The minimum absolute atomic E-state index is 0.129. The number of amides is 1. The monoisotopic (exact) mass is 330 g/mol. The predicted octanol–water partition coefficient (Wildman–Crippen LogP) is 4.24. The van der Waals surface area contributed by atoms with Gasteiger partial charge in [0.1, 0.15) is 0 Å². The molecule has 6 heteroatoms. The fraction of sp³-hybridized carbons (Fsp3) is 0.0588. The molecule has 0 spiro atoms. The largest absolute Gasteiger partial charge is 0.325 e. The van der Waals surface area contributed by atoms with Gasteiger partial charge in [-0.25, -0.2) is 13.8 Å². The van der Waals surface area contributed by atoms with E-state index in [0.29, 0.717) is 0 Å². The van der Waals surface area contributed by atoms with Crippen molar-refractivity contribution >= 4 is 34.3 Å². The maximum atomic E-state index is 13.1. The van der Waals surface area contributed by atoms with Gasteiger partial charge < -0.3 is 5.32 Å². The summed E-state index contributed by atoms with van der Waals surface area (Å²) in [7, 11) is 0. The smallest absolute Gasteiger partial charge is 0.234 e. The summed E-state index contributed by atoms with van der Waals surface area (Å²) in [5.41, 5.74) is 1.08. The lowest BCUT2D eigenvalue weighted by atomic mass is 10.2. The summed E-state index contributed by atoms with van der Waals surface area (Å²) in [5, 5.41) is 4.28. The van der Waals surface area contributed by atoms with Crippen molar-refractivity contribution in [1.29, 1.82) is 0 Å². The number of nitrogens with zero attached hydrogens (tertiary/aromatic N) is 1. The molecular formula is C17H12F2N2OS. The summed E-state index contributed by atoms with van der Waals surface area (Å²) < 4.78 is 25.9. The molecule has 2 aromatic carbocycles. The van der Waals surface area contributed by atoms with Crippen molar-refractivity contribution in [3.05, 3.63) is 66.2 Å². The summed E-state index contributed by atoms with van der Waals surface area (Å²) in [6.45, 7) is 0. The van der Waals surface area contributed by atoms with Crippen molar-refractivity contribution in [2.24, 2.45) is 0 Å². The van der Waals surface area contributed by atoms with Gasteiger partial charge in [-0.15, -0.1) is 0 Å². The number of benzene rings is 2. The summed E-state index contributed by atoms with van der Waals surface area (Å²) in [5.74, 6) is -2.12. The SMILES string of the molecule is O=C(CSc1ccc2ccccc2n1)Nc1ccc(F)c(F)c1. The molecule has 0 bridgehead atoms. The Bertz CT molecular complexity index is 870. The lowest BCUT2D eigenvalue weighted by Gasteiger charge is -2.06. The minimum atomic E-state index is -0.994. The zero-order chi connectivity index (χ0) is 16.2. The van der Waals surface area contributed by atoms with Gasteiger partial charge in [0.2, 0.25) is 5.91 Å². The number of anilines is 1. The molecule has 3 rings (SSSR count). The molecule has 0 aliphatic rings. The highest BCUT2D eigenvalue weighted by Gasteiger charge is 2.08.